The van der Waals surface area contributed by atoms with E-state index in [1.54, 1.807) is 0 Å². The highest BCUT2D eigenvalue weighted by molar-refractivity contribution is 5.97. The SMILES string of the molecule is COc1cc(F)c(-c2ccc(N(C[C@]3(c4ncccc4F)C[C@@H](F)C3)C(=O)O)nn2)cc1C(N)=O. The highest BCUT2D eigenvalue weighted by Crippen LogP contribution is 2.46. The van der Waals surface area contributed by atoms with Gasteiger partial charge in [0.05, 0.1) is 24.1 Å². The summed E-state index contributed by atoms with van der Waals surface area (Å²) < 4.78 is 47.9. The molecule has 0 aliphatic heterocycles. The molecule has 0 radical (unpaired) electrons. The summed E-state index contributed by atoms with van der Waals surface area (Å²) in [5.41, 5.74) is 3.94. The molecule has 0 saturated heterocycles. The molecular formula is C23H20F3N5O4. The number of rotatable bonds is 7. The number of pyridine rings is 1. The van der Waals surface area contributed by atoms with Crippen molar-refractivity contribution in [3.8, 4) is 17.0 Å². The molecule has 182 valence electrons. The van der Waals surface area contributed by atoms with Crippen LogP contribution in [-0.2, 0) is 5.41 Å². The van der Waals surface area contributed by atoms with Crippen LogP contribution in [0.15, 0.2) is 42.6 Å². The number of nitrogens with two attached hydrogens (primary N) is 1. The number of carbonyl (C=O) groups is 2. The van der Waals surface area contributed by atoms with Crippen LogP contribution in [0.2, 0.25) is 0 Å². The van der Waals surface area contributed by atoms with Crippen molar-refractivity contribution in [2.45, 2.75) is 24.4 Å². The monoisotopic (exact) mass is 487 g/mol. The molecule has 1 saturated carbocycles. The van der Waals surface area contributed by atoms with Crippen molar-refractivity contribution in [3.05, 3.63) is 65.5 Å². The number of amides is 2. The third-order valence-corrected chi connectivity index (χ3v) is 5.93. The Morgan fingerprint density at radius 1 is 1.20 bits per heavy atom. The molecule has 0 bridgehead atoms. The number of carbonyl (C=O) groups excluding carboxylic acids is 1. The number of nitrogens with zero attached hydrogens (tertiary/aromatic N) is 4. The summed E-state index contributed by atoms with van der Waals surface area (Å²) in [6.07, 6.45) is -1.50. The maximum Gasteiger partial charge on any atom is 0.413 e. The molecule has 0 spiro atoms. The molecule has 1 aliphatic rings. The van der Waals surface area contributed by atoms with Crippen LogP contribution >= 0.6 is 0 Å². The van der Waals surface area contributed by atoms with Crippen molar-refractivity contribution in [3.63, 3.8) is 0 Å². The van der Waals surface area contributed by atoms with Gasteiger partial charge in [-0.2, -0.15) is 0 Å². The van der Waals surface area contributed by atoms with Crippen LogP contribution in [0.3, 0.4) is 0 Å². The summed E-state index contributed by atoms with van der Waals surface area (Å²) in [4.78, 5) is 28.6. The molecule has 1 fully saturated rings. The van der Waals surface area contributed by atoms with Crippen LogP contribution in [0.1, 0.15) is 28.9 Å². The molecule has 1 aliphatic carbocycles. The second kappa shape index (κ2) is 9.20. The van der Waals surface area contributed by atoms with Crippen molar-refractivity contribution in [2.24, 2.45) is 5.73 Å². The largest absolute Gasteiger partial charge is 0.496 e. The van der Waals surface area contributed by atoms with Crippen molar-refractivity contribution >= 4 is 17.8 Å². The number of alkyl halides is 1. The number of benzene rings is 1. The highest BCUT2D eigenvalue weighted by atomic mass is 19.1. The fraction of sp³-hybridized carbons (Fsp3) is 0.261. The van der Waals surface area contributed by atoms with E-state index in [1.807, 2.05) is 0 Å². The van der Waals surface area contributed by atoms with Gasteiger partial charge in [0.1, 0.15) is 23.6 Å². The zero-order valence-electron chi connectivity index (χ0n) is 18.4. The van der Waals surface area contributed by atoms with Gasteiger partial charge in [-0.05, 0) is 43.2 Å². The number of methoxy groups -OCH3 is 1. The Hall–Kier alpha value is -4.22. The Balaban J connectivity index is 1.67. The van der Waals surface area contributed by atoms with Gasteiger partial charge in [-0.3, -0.25) is 14.7 Å². The van der Waals surface area contributed by atoms with Gasteiger partial charge < -0.3 is 15.6 Å². The molecule has 9 nitrogen and oxygen atoms in total. The minimum absolute atomic E-state index is 0.000285. The van der Waals surface area contributed by atoms with Crippen LogP contribution in [0, 0.1) is 11.6 Å². The third kappa shape index (κ3) is 4.46. The van der Waals surface area contributed by atoms with Gasteiger partial charge >= 0.3 is 6.09 Å². The molecule has 3 N–H and O–H groups in total. The molecule has 0 atom stereocenters. The Morgan fingerprint density at radius 2 is 1.94 bits per heavy atom. The molecule has 2 aromatic heterocycles. The molecule has 3 aromatic rings. The second-order valence-electron chi connectivity index (χ2n) is 8.16. The van der Waals surface area contributed by atoms with Gasteiger partial charge in [0, 0.05) is 29.8 Å². The van der Waals surface area contributed by atoms with E-state index in [2.05, 4.69) is 15.2 Å². The Kier molecular flexibility index (Phi) is 6.29. The average Bonchev–Trinajstić information content (AvgIpc) is 2.81. The Labute approximate surface area is 197 Å². The van der Waals surface area contributed by atoms with Crippen LogP contribution in [0.25, 0.3) is 11.3 Å². The van der Waals surface area contributed by atoms with E-state index in [9.17, 15) is 27.9 Å². The van der Waals surface area contributed by atoms with E-state index < -0.39 is 35.2 Å². The fourth-order valence-corrected chi connectivity index (χ4v) is 4.24. The van der Waals surface area contributed by atoms with Gasteiger partial charge in [0.15, 0.2) is 5.82 Å². The van der Waals surface area contributed by atoms with E-state index in [0.717, 1.165) is 17.0 Å². The topological polar surface area (TPSA) is 132 Å². The maximum atomic E-state index is 14.6. The van der Waals surface area contributed by atoms with E-state index >= 15 is 0 Å². The van der Waals surface area contributed by atoms with Crippen molar-refractivity contribution in [2.75, 3.05) is 18.6 Å². The molecule has 0 unspecified atom stereocenters. The minimum Gasteiger partial charge on any atom is -0.496 e. The second-order valence-corrected chi connectivity index (χ2v) is 8.16. The predicted octanol–water partition coefficient (Wildman–Crippen LogP) is 3.48. The lowest BCUT2D eigenvalue weighted by Crippen LogP contribution is -2.53. The summed E-state index contributed by atoms with van der Waals surface area (Å²) in [5, 5.41) is 17.6. The Morgan fingerprint density at radius 3 is 2.49 bits per heavy atom. The summed E-state index contributed by atoms with van der Waals surface area (Å²) in [6, 6.07) is 7.28. The molecule has 4 rings (SSSR count). The van der Waals surface area contributed by atoms with E-state index in [0.29, 0.717) is 0 Å². The minimum atomic E-state index is -1.42. The lowest BCUT2D eigenvalue weighted by atomic mass is 9.64. The Bertz CT molecular complexity index is 1280. The number of ether oxygens (including phenoxy) is 1. The fourth-order valence-electron chi connectivity index (χ4n) is 4.24. The number of carboxylic acid groups (broad SMARTS) is 1. The van der Waals surface area contributed by atoms with Crippen LogP contribution < -0.4 is 15.4 Å². The zero-order valence-corrected chi connectivity index (χ0v) is 18.4. The van der Waals surface area contributed by atoms with Crippen molar-refractivity contribution < 1.29 is 32.6 Å². The van der Waals surface area contributed by atoms with Gasteiger partial charge in [0.2, 0.25) is 0 Å². The molecule has 2 heterocycles. The van der Waals surface area contributed by atoms with Crippen LogP contribution in [-0.4, -0.2) is 52.1 Å². The lowest BCUT2D eigenvalue weighted by Gasteiger charge is -2.45. The summed E-state index contributed by atoms with van der Waals surface area (Å²) in [7, 11) is 1.26. The standard InChI is InChI=1S/C23H20F3N5O4/c1-35-18-8-16(26)13(7-14(18)21(27)32)17-4-5-19(30-29-17)31(22(33)34)11-23(9-12(24)10-23)20-15(25)3-2-6-28-20/h2-8,12H,9-11H2,1H3,(H2,27,32)(H,33,34)/t12-,23+. The predicted molar refractivity (Wildman–Crippen MR) is 118 cm³/mol. The number of aromatic nitrogens is 3. The third-order valence-electron chi connectivity index (χ3n) is 5.93. The summed E-state index contributed by atoms with van der Waals surface area (Å²) in [5.74, 6) is -2.46. The smallest absolute Gasteiger partial charge is 0.413 e. The summed E-state index contributed by atoms with van der Waals surface area (Å²) in [6.45, 7) is -0.312. The molecule has 35 heavy (non-hydrogen) atoms. The van der Waals surface area contributed by atoms with Crippen molar-refractivity contribution in [1.29, 1.82) is 0 Å². The van der Waals surface area contributed by atoms with Gasteiger partial charge in [-0.25, -0.2) is 18.0 Å². The van der Waals surface area contributed by atoms with Crippen LogP contribution in [0.4, 0.5) is 23.8 Å². The highest BCUT2D eigenvalue weighted by Gasteiger charge is 2.50. The molecule has 12 heteroatoms. The van der Waals surface area contributed by atoms with Crippen molar-refractivity contribution in [1.82, 2.24) is 15.2 Å². The average molecular weight is 487 g/mol. The number of hydrogen-bond acceptors (Lipinski definition) is 6. The molecular weight excluding hydrogens is 467 g/mol. The number of anilines is 1. The van der Waals surface area contributed by atoms with E-state index in [1.165, 1.54) is 37.6 Å². The van der Waals surface area contributed by atoms with E-state index in [4.69, 9.17) is 10.5 Å². The number of primary amides is 1. The maximum absolute atomic E-state index is 14.6. The quantitative estimate of drug-likeness (QED) is 0.522. The molecule has 2 amide bonds. The first kappa shape index (κ1) is 23.9. The zero-order chi connectivity index (χ0) is 25.3. The molecule has 1 aromatic carbocycles. The normalized spacial score (nSPS) is 19.0. The first-order valence-electron chi connectivity index (χ1n) is 10.4. The number of halogens is 3. The lowest BCUT2D eigenvalue weighted by molar-refractivity contribution is 0.0901. The first-order chi connectivity index (χ1) is 16.6. The van der Waals surface area contributed by atoms with Gasteiger partial charge in [-0.1, -0.05) is 0 Å². The first-order valence-corrected chi connectivity index (χ1v) is 10.4. The summed E-state index contributed by atoms with van der Waals surface area (Å²) >= 11 is 0. The van der Waals surface area contributed by atoms with E-state index in [-0.39, 0.29) is 53.5 Å². The number of hydrogen-bond donors (Lipinski definition) is 2. The van der Waals surface area contributed by atoms with Gasteiger partial charge in [0.25, 0.3) is 5.91 Å². The van der Waals surface area contributed by atoms with Gasteiger partial charge in [-0.15, -0.1) is 10.2 Å². The van der Waals surface area contributed by atoms with Crippen LogP contribution in [0.5, 0.6) is 5.75 Å².